The number of ether oxygens (including phenoxy) is 2. The van der Waals surface area contributed by atoms with E-state index in [1.807, 2.05) is 21.1 Å². The van der Waals surface area contributed by atoms with Crippen molar-refractivity contribution in [1.82, 2.24) is 0 Å². The molecular formula is C58H105NO8P+. The summed E-state index contributed by atoms with van der Waals surface area (Å²) in [6.45, 7) is 4.32. The van der Waals surface area contributed by atoms with Crippen molar-refractivity contribution in [3.05, 3.63) is 72.9 Å². The van der Waals surface area contributed by atoms with Crippen LogP contribution in [0.25, 0.3) is 0 Å². The fourth-order valence-corrected chi connectivity index (χ4v) is 8.19. The van der Waals surface area contributed by atoms with Crippen LogP contribution in [0.4, 0.5) is 0 Å². The molecule has 0 fully saturated rings. The first-order chi connectivity index (χ1) is 33.0. The second-order valence-corrected chi connectivity index (χ2v) is 21.0. The Hall–Kier alpha value is -2.55. The molecule has 0 aliphatic carbocycles. The second kappa shape index (κ2) is 49.4. The lowest BCUT2D eigenvalue weighted by Crippen LogP contribution is -2.37. The first-order valence-corrected chi connectivity index (χ1v) is 29.2. The number of likely N-dealkylation sites (N-methyl/N-ethyl adjacent to an activating group) is 1. The van der Waals surface area contributed by atoms with Gasteiger partial charge in [-0.15, -0.1) is 0 Å². The van der Waals surface area contributed by atoms with Crippen molar-refractivity contribution in [3.63, 3.8) is 0 Å². The Balaban J connectivity index is 4.22. The van der Waals surface area contributed by atoms with Gasteiger partial charge in [-0.25, -0.2) is 4.57 Å². The van der Waals surface area contributed by atoms with Crippen LogP contribution in [-0.2, 0) is 32.7 Å². The molecule has 0 aromatic carbocycles. The Bertz CT molecular complexity index is 1380. The van der Waals surface area contributed by atoms with Gasteiger partial charge >= 0.3 is 19.8 Å². The number of allylic oxidation sites excluding steroid dienone is 12. The van der Waals surface area contributed by atoms with Crippen molar-refractivity contribution in [2.75, 3.05) is 47.5 Å². The maximum atomic E-state index is 12.8. The number of hydrogen-bond acceptors (Lipinski definition) is 7. The number of carbonyl (C=O) groups excluding carboxylic acids is 2. The van der Waals surface area contributed by atoms with E-state index in [0.717, 1.165) is 77.0 Å². The quantitative estimate of drug-likeness (QED) is 0.0211. The first kappa shape index (κ1) is 65.5. The summed E-state index contributed by atoms with van der Waals surface area (Å²) in [5.41, 5.74) is 0. The molecule has 0 heterocycles. The molecule has 1 N–H and O–H groups in total. The lowest BCUT2D eigenvalue weighted by molar-refractivity contribution is -0.870. The van der Waals surface area contributed by atoms with Crippen LogP contribution in [0.2, 0.25) is 0 Å². The molecule has 0 rings (SSSR count). The third kappa shape index (κ3) is 52.8. The van der Waals surface area contributed by atoms with Crippen LogP contribution in [0.1, 0.15) is 232 Å². The minimum absolute atomic E-state index is 0.0276. The molecule has 2 atom stereocenters. The third-order valence-electron chi connectivity index (χ3n) is 11.7. The van der Waals surface area contributed by atoms with E-state index in [1.165, 1.54) is 122 Å². The summed E-state index contributed by atoms with van der Waals surface area (Å²) >= 11 is 0. The molecule has 0 spiro atoms. The summed E-state index contributed by atoms with van der Waals surface area (Å²) in [5, 5.41) is 0. The Morgan fingerprint density at radius 1 is 0.471 bits per heavy atom. The molecule has 0 saturated heterocycles. The van der Waals surface area contributed by atoms with Crippen molar-refractivity contribution in [1.29, 1.82) is 0 Å². The predicted molar refractivity (Wildman–Crippen MR) is 289 cm³/mol. The number of unbranched alkanes of at least 4 members (excludes halogenated alkanes) is 24. The van der Waals surface area contributed by atoms with Gasteiger partial charge in [-0.2, -0.15) is 0 Å². The van der Waals surface area contributed by atoms with E-state index in [4.69, 9.17) is 18.5 Å². The molecule has 0 aromatic rings. The number of quaternary nitrogens is 1. The zero-order valence-electron chi connectivity index (χ0n) is 44.6. The van der Waals surface area contributed by atoms with Gasteiger partial charge in [0.05, 0.1) is 27.7 Å². The maximum Gasteiger partial charge on any atom is 0.472 e. The fourth-order valence-electron chi connectivity index (χ4n) is 7.45. The Morgan fingerprint density at radius 3 is 1.26 bits per heavy atom. The molecule has 2 unspecified atom stereocenters. The third-order valence-corrected chi connectivity index (χ3v) is 12.7. The van der Waals surface area contributed by atoms with E-state index < -0.39 is 26.5 Å². The van der Waals surface area contributed by atoms with E-state index in [0.29, 0.717) is 17.4 Å². The van der Waals surface area contributed by atoms with Gasteiger partial charge in [0.25, 0.3) is 0 Å². The Labute approximate surface area is 418 Å². The summed E-state index contributed by atoms with van der Waals surface area (Å²) < 4.78 is 34.5. The van der Waals surface area contributed by atoms with Gasteiger partial charge in [-0.3, -0.25) is 18.6 Å². The highest BCUT2D eigenvalue weighted by atomic mass is 31.2. The second-order valence-electron chi connectivity index (χ2n) is 19.6. The van der Waals surface area contributed by atoms with Gasteiger partial charge in [0.1, 0.15) is 19.8 Å². The molecule has 0 bridgehead atoms. The number of nitrogens with zero attached hydrogens (tertiary/aromatic N) is 1. The van der Waals surface area contributed by atoms with Gasteiger partial charge in [-0.1, -0.05) is 209 Å². The average molecular weight is 975 g/mol. The number of phosphoric ester groups is 1. The van der Waals surface area contributed by atoms with Crippen LogP contribution < -0.4 is 0 Å². The van der Waals surface area contributed by atoms with E-state index in [-0.39, 0.29) is 32.0 Å². The van der Waals surface area contributed by atoms with E-state index in [9.17, 15) is 19.0 Å². The number of hydrogen-bond donors (Lipinski definition) is 1. The molecule has 0 saturated carbocycles. The van der Waals surface area contributed by atoms with Gasteiger partial charge in [0.2, 0.25) is 0 Å². The molecular weight excluding hydrogens is 870 g/mol. The molecule has 0 aliphatic heterocycles. The molecule has 10 heteroatoms. The van der Waals surface area contributed by atoms with Crippen molar-refractivity contribution in [2.45, 2.75) is 238 Å². The lowest BCUT2D eigenvalue weighted by Gasteiger charge is -2.24. The largest absolute Gasteiger partial charge is 0.472 e. The van der Waals surface area contributed by atoms with Crippen molar-refractivity contribution >= 4 is 19.8 Å². The highest BCUT2D eigenvalue weighted by Crippen LogP contribution is 2.43. The highest BCUT2D eigenvalue weighted by Gasteiger charge is 2.27. The number of rotatable bonds is 50. The summed E-state index contributed by atoms with van der Waals surface area (Å²) in [5.74, 6) is -0.805. The number of phosphoric acid groups is 1. The standard InChI is InChI=1S/C58H104NO8P/c1-6-8-10-12-14-16-18-20-22-24-26-27-28-29-30-31-33-35-37-39-41-43-45-47-49-51-58(61)67-56(55-66-68(62,63)65-53-52-59(3,4)5)54-64-57(60)50-48-46-44-42-40-38-36-34-32-25-23-21-19-17-15-13-11-9-7-2/h8,10,14,16,20-23,26-27,29-30,56H,6-7,9,11-13,15,17-19,24-25,28,31-55H2,1-5H3/p+1/b10-8-,16-14-,22-20-,23-21-,27-26-,30-29-. The van der Waals surface area contributed by atoms with Crippen molar-refractivity contribution in [3.8, 4) is 0 Å². The Morgan fingerprint density at radius 2 is 0.838 bits per heavy atom. The zero-order valence-corrected chi connectivity index (χ0v) is 45.5. The van der Waals surface area contributed by atoms with Gasteiger partial charge in [-0.05, 0) is 83.5 Å². The molecule has 0 amide bonds. The SMILES string of the molecule is CC/C=C\C/C=C\C/C=C\C/C=C\C/C=C\CCCCCCCCCCCC(=O)OC(COC(=O)CCCCCCCCCCC/C=C\CCCCCCCC)COP(=O)(O)OCC[N+](C)(C)C. The topological polar surface area (TPSA) is 108 Å². The molecule has 0 aromatic heterocycles. The molecule has 0 aliphatic rings. The van der Waals surface area contributed by atoms with E-state index in [2.05, 4.69) is 86.8 Å². The molecule has 394 valence electrons. The predicted octanol–water partition coefficient (Wildman–Crippen LogP) is 16.9. The van der Waals surface area contributed by atoms with Crippen molar-refractivity contribution in [2.24, 2.45) is 0 Å². The fraction of sp³-hybridized carbons (Fsp3) is 0.759. The van der Waals surface area contributed by atoms with Crippen LogP contribution in [0.15, 0.2) is 72.9 Å². The molecule has 9 nitrogen and oxygen atoms in total. The summed E-state index contributed by atoms with van der Waals surface area (Å²) in [6, 6.07) is 0. The van der Waals surface area contributed by atoms with Gasteiger partial charge < -0.3 is 18.9 Å². The normalized spacial score (nSPS) is 13.9. The van der Waals surface area contributed by atoms with Crippen LogP contribution in [-0.4, -0.2) is 74.9 Å². The summed E-state index contributed by atoms with van der Waals surface area (Å²) in [4.78, 5) is 35.6. The summed E-state index contributed by atoms with van der Waals surface area (Å²) in [6.07, 6.45) is 63.8. The minimum Gasteiger partial charge on any atom is -0.462 e. The highest BCUT2D eigenvalue weighted by molar-refractivity contribution is 7.47. The maximum absolute atomic E-state index is 12.8. The minimum atomic E-state index is -4.39. The number of carbonyl (C=O) groups is 2. The van der Waals surface area contributed by atoms with Crippen LogP contribution in [0.5, 0.6) is 0 Å². The van der Waals surface area contributed by atoms with Gasteiger partial charge in [0, 0.05) is 12.8 Å². The zero-order chi connectivity index (χ0) is 49.9. The first-order valence-electron chi connectivity index (χ1n) is 27.7. The lowest BCUT2D eigenvalue weighted by atomic mass is 10.1. The van der Waals surface area contributed by atoms with Crippen LogP contribution in [0.3, 0.4) is 0 Å². The number of esters is 2. The summed E-state index contributed by atoms with van der Waals surface area (Å²) in [7, 11) is 1.47. The average Bonchev–Trinajstić information content (AvgIpc) is 3.30. The van der Waals surface area contributed by atoms with Crippen LogP contribution in [0, 0.1) is 0 Å². The van der Waals surface area contributed by atoms with Crippen LogP contribution >= 0.6 is 7.82 Å². The monoisotopic (exact) mass is 975 g/mol. The smallest absolute Gasteiger partial charge is 0.462 e. The van der Waals surface area contributed by atoms with E-state index in [1.54, 1.807) is 0 Å². The Kier molecular flexibility index (Phi) is 47.6. The molecule has 0 radical (unpaired) electrons. The van der Waals surface area contributed by atoms with Crippen molar-refractivity contribution < 1.29 is 42.1 Å². The van der Waals surface area contributed by atoms with Gasteiger partial charge in [0.15, 0.2) is 6.10 Å². The van der Waals surface area contributed by atoms with E-state index >= 15 is 0 Å². The molecule has 68 heavy (non-hydrogen) atoms.